The third-order valence-corrected chi connectivity index (χ3v) is 3.98. The number of benzene rings is 1. The fourth-order valence-electron chi connectivity index (χ4n) is 2.96. The Morgan fingerprint density at radius 3 is 2.46 bits per heavy atom. The minimum Gasteiger partial charge on any atom is -0.493 e. The first kappa shape index (κ1) is 23.0. The van der Waals surface area contributed by atoms with E-state index in [4.69, 9.17) is 9.47 Å². The van der Waals surface area contributed by atoms with E-state index >= 15 is 0 Å². The van der Waals surface area contributed by atoms with Crippen LogP contribution in [0.1, 0.15) is 38.3 Å². The minimum absolute atomic E-state index is 0. The second-order valence-corrected chi connectivity index (χ2v) is 5.59. The molecule has 1 N–H and O–H groups in total. The molecule has 0 bridgehead atoms. The van der Waals surface area contributed by atoms with Crippen molar-refractivity contribution in [2.45, 2.75) is 32.7 Å². The van der Waals surface area contributed by atoms with Gasteiger partial charge in [-0.25, -0.2) is 0 Å². The highest BCUT2D eigenvalue weighted by Crippen LogP contribution is 2.34. The Balaban J connectivity index is 0.00000264. The molecule has 5 nitrogen and oxygen atoms in total. The molecule has 24 heavy (non-hydrogen) atoms. The van der Waals surface area contributed by atoms with Gasteiger partial charge in [0.15, 0.2) is 11.5 Å². The molecule has 138 valence electrons. The Morgan fingerprint density at radius 1 is 1.25 bits per heavy atom. The van der Waals surface area contributed by atoms with Crippen LogP contribution in [0.15, 0.2) is 18.2 Å². The van der Waals surface area contributed by atoms with Crippen LogP contribution in [0, 0.1) is 0 Å². The number of carbonyl (C=O) groups excluding carboxylic acids is 1. The number of rotatable bonds is 6. The van der Waals surface area contributed by atoms with E-state index in [1.165, 1.54) is 12.5 Å². The van der Waals surface area contributed by atoms with Crippen molar-refractivity contribution >= 4 is 30.8 Å². The summed E-state index contributed by atoms with van der Waals surface area (Å²) in [5.41, 5.74) is 1.22. The average Bonchev–Trinajstić information content (AvgIpc) is 2.53. The van der Waals surface area contributed by atoms with Crippen molar-refractivity contribution < 1.29 is 14.3 Å². The summed E-state index contributed by atoms with van der Waals surface area (Å²) in [6, 6.07) is 6.26. The van der Waals surface area contributed by atoms with E-state index in [1.54, 1.807) is 7.11 Å². The molecular weight excluding hydrogens is 351 g/mol. The quantitative estimate of drug-likeness (QED) is 0.608. The number of hydrogen-bond acceptors (Lipinski definition) is 5. The number of ether oxygens (including phenoxy) is 2. The Labute approximate surface area is 156 Å². The first-order valence-electron chi connectivity index (χ1n) is 7.96. The SMILES string of the molecule is CCC[C@H](c1ccc(OC(C)=O)c(OC)c1)N1CCNCC1.Cl.Cl. The normalized spacial score (nSPS) is 15.6. The molecule has 0 aromatic heterocycles. The Bertz CT molecular complexity index is 509. The molecule has 1 aliphatic heterocycles. The standard InChI is InChI=1S/C17H26N2O3.2ClH/c1-4-5-15(19-10-8-18-9-11-19)14-6-7-16(22-13(2)20)17(12-14)21-3;;/h6-7,12,15,18H,4-5,8-11H2,1-3H3;2*1H/t15-;;/m1../s1. The number of hydrogen-bond donors (Lipinski definition) is 1. The summed E-state index contributed by atoms with van der Waals surface area (Å²) in [6.07, 6.45) is 2.23. The van der Waals surface area contributed by atoms with Crippen molar-refractivity contribution in [1.29, 1.82) is 0 Å². The van der Waals surface area contributed by atoms with E-state index < -0.39 is 0 Å². The lowest BCUT2D eigenvalue weighted by Gasteiger charge is -2.35. The second kappa shape index (κ2) is 11.5. The van der Waals surface area contributed by atoms with Gasteiger partial charge in [-0.15, -0.1) is 24.8 Å². The molecule has 1 aromatic rings. The van der Waals surface area contributed by atoms with Gasteiger partial charge in [0.25, 0.3) is 0 Å². The van der Waals surface area contributed by atoms with Crippen molar-refractivity contribution in [3.8, 4) is 11.5 Å². The maximum atomic E-state index is 11.2. The van der Waals surface area contributed by atoms with Gasteiger partial charge in [0.1, 0.15) is 0 Å². The maximum absolute atomic E-state index is 11.2. The molecule has 0 unspecified atom stereocenters. The highest BCUT2D eigenvalue weighted by Gasteiger charge is 2.22. The number of methoxy groups -OCH3 is 1. The van der Waals surface area contributed by atoms with Crippen LogP contribution in [0.4, 0.5) is 0 Å². The summed E-state index contributed by atoms with van der Waals surface area (Å²) in [5, 5.41) is 3.39. The first-order chi connectivity index (χ1) is 10.7. The molecule has 0 aliphatic carbocycles. The van der Waals surface area contributed by atoms with Crippen molar-refractivity contribution in [1.82, 2.24) is 10.2 Å². The zero-order valence-corrected chi connectivity index (χ0v) is 16.2. The van der Waals surface area contributed by atoms with Gasteiger partial charge in [0, 0.05) is 39.1 Å². The number of nitrogens with zero attached hydrogens (tertiary/aromatic N) is 1. The van der Waals surface area contributed by atoms with Gasteiger partial charge in [-0.2, -0.15) is 0 Å². The molecule has 7 heteroatoms. The molecular formula is C17H28Cl2N2O3. The summed E-state index contributed by atoms with van der Waals surface area (Å²) in [4.78, 5) is 13.7. The molecule has 0 amide bonds. The molecule has 0 spiro atoms. The summed E-state index contributed by atoms with van der Waals surface area (Å²) in [5.74, 6) is 0.761. The highest BCUT2D eigenvalue weighted by atomic mass is 35.5. The van der Waals surface area contributed by atoms with Crippen LogP contribution in [0.2, 0.25) is 0 Å². The van der Waals surface area contributed by atoms with Gasteiger partial charge in [-0.1, -0.05) is 19.4 Å². The molecule has 1 heterocycles. The van der Waals surface area contributed by atoms with Crippen molar-refractivity contribution in [2.24, 2.45) is 0 Å². The van der Waals surface area contributed by atoms with E-state index in [1.807, 2.05) is 18.2 Å². The number of piperazine rings is 1. The molecule has 1 atom stereocenters. The molecule has 2 rings (SSSR count). The number of carbonyl (C=O) groups is 1. The largest absolute Gasteiger partial charge is 0.493 e. The van der Waals surface area contributed by atoms with Crippen LogP contribution in [0.3, 0.4) is 0 Å². The summed E-state index contributed by atoms with van der Waals surface area (Å²) in [6.45, 7) is 7.77. The van der Waals surface area contributed by atoms with Crippen LogP contribution in [-0.4, -0.2) is 44.2 Å². The monoisotopic (exact) mass is 378 g/mol. The number of esters is 1. The lowest BCUT2D eigenvalue weighted by Crippen LogP contribution is -2.45. The molecule has 1 aromatic carbocycles. The third kappa shape index (κ3) is 6.13. The van der Waals surface area contributed by atoms with E-state index in [0.29, 0.717) is 17.5 Å². The van der Waals surface area contributed by atoms with Gasteiger partial charge in [0.2, 0.25) is 0 Å². The fourth-order valence-corrected chi connectivity index (χ4v) is 2.96. The second-order valence-electron chi connectivity index (χ2n) is 5.59. The van der Waals surface area contributed by atoms with E-state index in [0.717, 1.165) is 39.0 Å². The van der Waals surface area contributed by atoms with Gasteiger partial charge < -0.3 is 14.8 Å². The lowest BCUT2D eigenvalue weighted by molar-refractivity contribution is -0.132. The summed E-state index contributed by atoms with van der Waals surface area (Å²) >= 11 is 0. The van der Waals surface area contributed by atoms with E-state index in [9.17, 15) is 4.79 Å². The van der Waals surface area contributed by atoms with Crippen molar-refractivity contribution in [3.05, 3.63) is 23.8 Å². The Morgan fingerprint density at radius 2 is 1.92 bits per heavy atom. The van der Waals surface area contributed by atoms with Gasteiger partial charge in [-0.3, -0.25) is 9.69 Å². The smallest absolute Gasteiger partial charge is 0.308 e. The predicted molar refractivity (Wildman–Crippen MR) is 101 cm³/mol. The van der Waals surface area contributed by atoms with Crippen LogP contribution < -0.4 is 14.8 Å². The zero-order chi connectivity index (χ0) is 15.9. The Kier molecular flexibility index (Phi) is 11.0. The molecule has 0 saturated carbocycles. The number of halogens is 2. The van der Waals surface area contributed by atoms with E-state index in [2.05, 4.69) is 17.1 Å². The van der Waals surface area contributed by atoms with Crippen LogP contribution in [0.5, 0.6) is 11.5 Å². The summed E-state index contributed by atoms with van der Waals surface area (Å²) < 4.78 is 10.6. The van der Waals surface area contributed by atoms with Gasteiger partial charge in [-0.05, 0) is 24.1 Å². The van der Waals surface area contributed by atoms with Gasteiger partial charge in [0.05, 0.1) is 7.11 Å². The van der Waals surface area contributed by atoms with Crippen LogP contribution in [-0.2, 0) is 4.79 Å². The Hall–Kier alpha value is -1.01. The summed E-state index contributed by atoms with van der Waals surface area (Å²) in [7, 11) is 1.60. The molecule has 1 aliphatic rings. The lowest BCUT2D eigenvalue weighted by atomic mass is 9.99. The maximum Gasteiger partial charge on any atom is 0.308 e. The first-order valence-corrected chi connectivity index (χ1v) is 7.96. The molecule has 0 radical (unpaired) electrons. The number of nitrogens with one attached hydrogen (secondary N) is 1. The fraction of sp³-hybridized carbons (Fsp3) is 0.588. The average molecular weight is 379 g/mol. The van der Waals surface area contributed by atoms with E-state index in [-0.39, 0.29) is 30.8 Å². The van der Waals surface area contributed by atoms with Crippen molar-refractivity contribution in [3.63, 3.8) is 0 Å². The van der Waals surface area contributed by atoms with Crippen LogP contribution >= 0.6 is 24.8 Å². The molecule has 1 fully saturated rings. The van der Waals surface area contributed by atoms with Gasteiger partial charge >= 0.3 is 5.97 Å². The molecule has 1 saturated heterocycles. The van der Waals surface area contributed by atoms with Crippen molar-refractivity contribution in [2.75, 3.05) is 33.3 Å². The highest BCUT2D eigenvalue weighted by molar-refractivity contribution is 5.85. The predicted octanol–water partition coefficient (Wildman–Crippen LogP) is 3.21. The zero-order valence-electron chi connectivity index (χ0n) is 14.5. The van der Waals surface area contributed by atoms with Crippen LogP contribution in [0.25, 0.3) is 0 Å². The third-order valence-electron chi connectivity index (χ3n) is 3.98. The topological polar surface area (TPSA) is 50.8 Å². The minimum atomic E-state index is -0.335.